The van der Waals surface area contributed by atoms with E-state index in [1.807, 2.05) is 11.9 Å². The predicted molar refractivity (Wildman–Crippen MR) is 68.5 cm³/mol. The maximum absolute atomic E-state index is 11.2. The highest BCUT2D eigenvalue weighted by atomic mass is 16.4. The van der Waals surface area contributed by atoms with Crippen molar-refractivity contribution in [3.63, 3.8) is 0 Å². The fraction of sp³-hybridized carbons (Fsp3) is 0.462. The van der Waals surface area contributed by atoms with Crippen LogP contribution in [0.15, 0.2) is 18.2 Å². The van der Waals surface area contributed by atoms with E-state index < -0.39 is 5.97 Å². The Morgan fingerprint density at radius 3 is 2.65 bits per heavy atom. The fourth-order valence-corrected chi connectivity index (χ4v) is 2.60. The second kappa shape index (κ2) is 4.65. The van der Waals surface area contributed by atoms with Crippen LogP contribution in [0.25, 0.3) is 0 Å². The van der Waals surface area contributed by atoms with Crippen molar-refractivity contribution in [1.82, 2.24) is 0 Å². The Kier molecular flexibility index (Phi) is 3.22. The molecule has 1 fully saturated rings. The zero-order valence-electron chi connectivity index (χ0n) is 10.0. The Hall–Kier alpha value is -1.71. The van der Waals surface area contributed by atoms with Gasteiger partial charge in [0.05, 0.1) is 16.9 Å². The fourth-order valence-electron chi connectivity index (χ4n) is 2.60. The molecular weight excluding hydrogens is 216 g/mol. The molecule has 1 saturated carbocycles. The van der Waals surface area contributed by atoms with E-state index >= 15 is 0 Å². The molecule has 0 heterocycles. The summed E-state index contributed by atoms with van der Waals surface area (Å²) in [6, 6.07) is 5.47. The summed E-state index contributed by atoms with van der Waals surface area (Å²) in [6.45, 7) is 0. The average Bonchev–Trinajstić information content (AvgIpc) is 2.81. The number of nitrogens with two attached hydrogens (primary N) is 1. The van der Waals surface area contributed by atoms with Gasteiger partial charge in [-0.1, -0.05) is 18.9 Å². The van der Waals surface area contributed by atoms with Crippen LogP contribution in [-0.4, -0.2) is 24.2 Å². The van der Waals surface area contributed by atoms with E-state index in [1.165, 1.54) is 12.8 Å². The minimum atomic E-state index is -0.919. The highest BCUT2D eigenvalue weighted by Gasteiger charge is 2.24. The molecule has 0 saturated heterocycles. The number of carbonyl (C=O) groups is 1. The zero-order chi connectivity index (χ0) is 12.4. The lowest BCUT2D eigenvalue weighted by atomic mass is 10.1. The standard InChI is InChI=1S/C13H18N2O2/c1-15(9-5-2-3-6-9)12-10(13(16)17)7-4-8-11(12)14/h4,7-9H,2-3,5-6,14H2,1H3,(H,16,17). The second-order valence-electron chi connectivity index (χ2n) is 4.60. The smallest absolute Gasteiger partial charge is 0.337 e. The Balaban J connectivity index is 2.38. The highest BCUT2D eigenvalue weighted by molar-refractivity contribution is 5.98. The summed E-state index contributed by atoms with van der Waals surface area (Å²) in [5.74, 6) is -0.919. The van der Waals surface area contributed by atoms with Crippen molar-refractivity contribution < 1.29 is 9.90 Å². The average molecular weight is 234 g/mol. The monoisotopic (exact) mass is 234 g/mol. The third-order valence-electron chi connectivity index (χ3n) is 3.52. The largest absolute Gasteiger partial charge is 0.478 e. The molecule has 17 heavy (non-hydrogen) atoms. The van der Waals surface area contributed by atoms with Gasteiger partial charge < -0.3 is 15.7 Å². The van der Waals surface area contributed by atoms with Crippen LogP contribution in [0.4, 0.5) is 11.4 Å². The van der Waals surface area contributed by atoms with Gasteiger partial charge in [0.2, 0.25) is 0 Å². The predicted octanol–water partition coefficient (Wildman–Crippen LogP) is 2.35. The maximum Gasteiger partial charge on any atom is 0.337 e. The number of rotatable bonds is 3. The summed E-state index contributed by atoms with van der Waals surface area (Å²) in [7, 11) is 1.94. The zero-order valence-corrected chi connectivity index (χ0v) is 10.0. The summed E-state index contributed by atoms with van der Waals surface area (Å²) >= 11 is 0. The summed E-state index contributed by atoms with van der Waals surface area (Å²) in [4.78, 5) is 13.2. The molecule has 0 spiro atoms. The lowest BCUT2D eigenvalue weighted by molar-refractivity contribution is 0.0697. The quantitative estimate of drug-likeness (QED) is 0.788. The number of benzene rings is 1. The molecule has 0 aromatic heterocycles. The topological polar surface area (TPSA) is 66.6 Å². The van der Waals surface area contributed by atoms with Crippen LogP contribution in [0.1, 0.15) is 36.0 Å². The molecule has 1 aliphatic rings. The van der Waals surface area contributed by atoms with Gasteiger partial charge in [0.25, 0.3) is 0 Å². The number of nitrogen functional groups attached to an aromatic ring is 1. The summed E-state index contributed by atoms with van der Waals surface area (Å²) in [6.07, 6.45) is 4.65. The number of nitrogens with zero attached hydrogens (tertiary/aromatic N) is 1. The first-order valence-corrected chi connectivity index (χ1v) is 5.96. The normalized spacial score (nSPS) is 16.1. The number of para-hydroxylation sites is 1. The van der Waals surface area contributed by atoms with Crippen molar-refractivity contribution in [3.05, 3.63) is 23.8 Å². The molecule has 0 bridgehead atoms. The first kappa shape index (κ1) is 11.8. The minimum absolute atomic E-state index is 0.291. The molecule has 4 nitrogen and oxygen atoms in total. The van der Waals surface area contributed by atoms with Gasteiger partial charge in [0, 0.05) is 13.1 Å². The van der Waals surface area contributed by atoms with E-state index in [0.717, 1.165) is 12.8 Å². The minimum Gasteiger partial charge on any atom is -0.478 e. The lowest BCUT2D eigenvalue weighted by Crippen LogP contribution is -2.31. The number of hydrogen-bond acceptors (Lipinski definition) is 3. The van der Waals surface area contributed by atoms with E-state index in [2.05, 4.69) is 0 Å². The number of carboxylic acid groups (broad SMARTS) is 1. The van der Waals surface area contributed by atoms with Crippen molar-refractivity contribution in [3.8, 4) is 0 Å². The lowest BCUT2D eigenvalue weighted by Gasteiger charge is -2.29. The third-order valence-corrected chi connectivity index (χ3v) is 3.52. The van der Waals surface area contributed by atoms with Crippen molar-refractivity contribution in [2.75, 3.05) is 17.7 Å². The van der Waals surface area contributed by atoms with Gasteiger partial charge in [0.1, 0.15) is 0 Å². The molecule has 0 atom stereocenters. The van der Waals surface area contributed by atoms with E-state index in [4.69, 9.17) is 5.73 Å². The third kappa shape index (κ3) is 2.20. The molecule has 0 aliphatic heterocycles. The Labute approximate surface area is 101 Å². The van der Waals surface area contributed by atoms with Gasteiger partial charge >= 0.3 is 5.97 Å². The summed E-state index contributed by atoms with van der Waals surface area (Å²) in [5, 5.41) is 9.20. The number of carboxylic acids is 1. The van der Waals surface area contributed by atoms with Crippen LogP contribution >= 0.6 is 0 Å². The van der Waals surface area contributed by atoms with Gasteiger partial charge in [-0.2, -0.15) is 0 Å². The van der Waals surface area contributed by atoms with Crippen molar-refractivity contribution >= 4 is 17.3 Å². The van der Waals surface area contributed by atoms with E-state index in [1.54, 1.807) is 18.2 Å². The first-order chi connectivity index (χ1) is 8.11. The molecule has 0 radical (unpaired) electrons. The van der Waals surface area contributed by atoms with Gasteiger partial charge in [-0.3, -0.25) is 0 Å². The number of hydrogen-bond donors (Lipinski definition) is 2. The highest BCUT2D eigenvalue weighted by Crippen LogP contribution is 2.33. The Morgan fingerprint density at radius 2 is 2.06 bits per heavy atom. The van der Waals surface area contributed by atoms with Crippen LogP contribution in [-0.2, 0) is 0 Å². The van der Waals surface area contributed by atoms with Crippen LogP contribution in [0.5, 0.6) is 0 Å². The molecule has 0 unspecified atom stereocenters. The molecule has 0 amide bonds. The van der Waals surface area contributed by atoms with Crippen LogP contribution in [0, 0.1) is 0 Å². The summed E-state index contributed by atoms with van der Waals surface area (Å²) < 4.78 is 0. The van der Waals surface area contributed by atoms with Gasteiger partial charge in [-0.05, 0) is 25.0 Å². The molecule has 1 aromatic carbocycles. The molecule has 4 heteroatoms. The van der Waals surface area contributed by atoms with Crippen LogP contribution in [0.2, 0.25) is 0 Å². The molecule has 1 aliphatic carbocycles. The van der Waals surface area contributed by atoms with Gasteiger partial charge in [-0.15, -0.1) is 0 Å². The van der Waals surface area contributed by atoms with Crippen molar-refractivity contribution in [2.24, 2.45) is 0 Å². The SMILES string of the molecule is CN(c1c(N)cccc1C(=O)O)C1CCCC1. The molecule has 2 rings (SSSR count). The Morgan fingerprint density at radius 1 is 1.41 bits per heavy atom. The van der Waals surface area contributed by atoms with Gasteiger partial charge in [0.15, 0.2) is 0 Å². The van der Waals surface area contributed by atoms with E-state index in [9.17, 15) is 9.90 Å². The van der Waals surface area contributed by atoms with Crippen LogP contribution < -0.4 is 10.6 Å². The molecule has 3 N–H and O–H groups in total. The number of anilines is 2. The first-order valence-electron chi connectivity index (χ1n) is 5.96. The maximum atomic E-state index is 11.2. The molecule has 92 valence electrons. The summed E-state index contributed by atoms with van der Waals surface area (Å²) in [5.41, 5.74) is 7.41. The molecule has 1 aromatic rings. The number of aromatic carboxylic acids is 1. The van der Waals surface area contributed by atoms with Crippen molar-refractivity contribution in [1.29, 1.82) is 0 Å². The Bertz CT molecular complexity index is 425. The van der Waals surface area contributed by atoms with Gasteiger partial charge in [-0.25, -0.2) is 4.79 Å². The van der Waals surface area contributed by atoms with Crippen molar-refractivity contribution in [2.45, 2.75) is 31.7 Å². The van der Waals surface area contributed by atoms with E-state index in [0.29, 0.717) is 23.0 Å². The van der Waals surface area contributed by atoms with E-state index in [-0.39, 0.29) is 0 Å². The molecular formula is C13H18N2O2. The second-order valence-corrected chi connectivity index (χ2v) is 4.60. The van der Waals surface area contributed by atoms with Crippen LogP contribution in [0.3, 0.4) is 0 Å².